The predicted molar refractivity (Wildman–Crippen MR) is 151 cm³/mol. The number of phenols is 1. The van der Waals surface area contributed by atoms with Gasteiger partial charge in [0, 0.05) is 60.6 Å². The SMILES string of the molecule is CCCc1ccc2oc(C(=O)c3cc4c(CN5CCC(N6CCN(C)CC6)CC5)c(O)ccc4[nH]3)cc2c1. The summed E-state index contributed by atoms with van der Waals surface area (Å²) in [6.07, 6.45) is 4.40. The van der Waals surface area contributed by atoms with Crippen molar-refractivity contribution in [2.75, 3.05) is 46.3 Å². The molecule has 200 valence electrons. The number of rotatable bonds is 7. The number of H-pyrrole nitrogens is 1. The monoisotopic (exact) mass is 514 g/mol. The van der Waals surface area contributed by atoms with Crippen molar-refractivity contribution < 1.29 is 14.3 Å². The lowest BCUT2D eigenvalue weighted by atomic mass is 10.0. The third kappa shape index (κ3) is 4.98. The molecule has 2 fully saturated rings. The molecule has 2 aliphatic rings. The van der Waals surface area contributed by atoms with Gasteiger partial charge in [0.15, 0.2) is 5.76 Å². The first kappa shape index (κ1) is 25.2. The number of nitrogens with one attached hydrogen (secondary N) is 1. The average Bonchev–Trinajstić information content (AvgIpc) is 3.55. The number of fused-ring (bicyclic) bond motifs is 2. The van der Waals surface area contributed by atoms with Crippen molar-refractivity contribution in [3.63, 3.8) is 0 Å². The van der Waals surface area contributed by atoms with E-state index >= 15 is 0 Å². The number of likely N-dealkylation sites (N-methyl/N-ethyl adjacent to an activating group) is 1. The summed E-state index contributed by atoms with van der Waals surface area (Å²) in [6.45, 7) is 9.49. The Balaban J connectivity index is 1.18. The highest BCUT2D eigenvalue weighted by Gasteiger charge is 2.27. The Kier molecular flexibility index (Phi) is 6.99. The standard InChI is InChI=1S/C31H38N4O3/c1-3-4-21-5-8-29-22(17-21)18-30(38-29)31(37)27-19-24-25(28(36)7-6-26(24)32-27)20-34-11-9-23(10-12-34)35-15-13-33(2)14-16-35/h5-8,17-19,23,32,36H,3-4,9-16,20H2,1-2H3. The fourth-order valence-electron chi connectivity index (χ4n) is 6.18. The number of piperidine rings is 1. The number of furan rings is 1. The number of carbonyl (C=O) groups excluding carboxylic acids is 1. The molecule has 0 radical (unpaired) electrons. The average molecular weight is 515 g/mol. The van der Waals surface area contributed by atoms with Crippen LogP contribution < -0.4 is 0 Å². The van der Waals surface area contributed by atoms with E-state index in [9.17, 15) is 9.90 Å². The van der Waals surface area contributed by atoms with E-state index in [1.807, 2.05) is 24.3 Å². The second-order valence-electron chi connectivity index (χ2n) is 11.1. The van der Waals surface area contributed by atoms with Gasteiger partial charge < -0.3 is 19.4 Å². The molecule has 2 saturated heterocycles. The number of phenolic OH excluding ortho intramolecular Hbond substituents is 1. The Morgan fingerprint density at radius 3 is 2.58 bits per heavy atom. The highest BCUT2D eigenvalue weighted by Crippen LogP contribution is 2.32. The van der Waals surface area contributed by atoms with Crippen LogP contribution in [-0.2, 0) is 13.0 Å². The molecular formula is C31H38N4O3. The van der Waals surface area contributed by atoms with E-state index in [2.05, 4.69) is 45.8 Å². The highest BCUT2D eigenvalue weighted by atomic mass is 16.3. The first-order valence-corrected chi connectivity index (χ1v) is 14.0. The van der Waals surface area contributed by atoms with Crippen LogP contribution in [0.5, 0.6) is 5.75 Å². The summed E-state index contributed by atoms with van der Waals surface area (Å²) in [6, 6.07) is 14.1. The number of aromatic nitrogens is 1. The molecule has 0 atom stereocenters. The third-order valence-corrected chi connectivity index (χ3v) is 8.47. The Morgan fingerprint density at radius 1 is 1.03 bits per heavy atom. The van der Waals surface area contributed by atoms with Crippen molar-refractivity contribution in [2.24, 2.45) is 0 Å². The minimum Gasteiger partial charge on any atom is -0.508 e. The fraction of sp³-hybridized carbons (Fsp3) is 0.452. The number of hydrogen-bond acceptors (Lipinski definition) is 6. The maximum atomic E-state index is 13.4. The van der Waals surface area contributed by atoms with Gasteiger partial charge in [0.1, 0.15) is 11.3 Å². The Morgan fingerprint density at radius 2 is 1.82 bits per heavy atom. The number of likely N-dealkylation sites (tertiary alicyclic amines) is 1. The van der Waals surface area contributed by atoms with Crippen molar-refractivity contribution in [2.45, 2.75) is 45.2 Å². The van der Waals surface area contributed by atoms with E-state index in [4.69, 9.17) is 4.42 Å². The molecule has 38 heavy (non-hydrogen) atoms. The lowest BCUT2D eigenvalue weighted by Gasteiger charge is -2.42. The zero-order valence-electron chi connectivity index (χ0n) is 22.5. The lowest BCUT2D eigenvalue weighted by Crippen LogP contribution is -2.52. The van der Waals surface area contributed by atoms with Gasteiger partial charge in [-0.25, -0.2) is 0 Å². The molecule has 0 bridgehead atoms. The number of nitrogens with zero attached hydrogens (tertiary/aromatic N) is 3. The van der Waals surface area contributed by atoms with Crippen LogP contribution in [0.15, 0.2) is 46.9 Å². The summed E-state index contributed by atoms with van der Waals surface area (Å²) < 4.78 is 5.92. The summed E-state index contributed by atoms with van der Waals surface area (Å²) in [7, 11) is 2.20. The molecule has 0 unspecified atom stereocenters. The van der Waals surface area contributed by atoms with Crippen molar-refractivity contribution in [3.05, 3.63) is 65.0 Å². The highest BCUT2D eigenvalue weighted by molar-refractivity contribution is 6.10. The van der Waals surface area contributed by atoms with Crippen molar-refractivity contribution >= 4 is 27.7 Å². The van der Waals surface area contributed by atoms with E-state index in [0.29, 0.717) is 24.0 Å². The number of ketones is 1. The zero-order valence-corrected chi connectivity index (χ0v) is 22.5. The molecule has 0 spiro atoms. The minimum atomic E-state index is -0.173. The number of hydrogen-bond donors (Lipinski definition) is 2. The topological polar surface area (TPSA) is 76.0 Å². The Labute approximate surface area is 224 Å². The predicted octanol–water partition coefficient (Wildman–Crippen LogP) is 5.02. The first-order chi connectivity index (χ1) is 18.5. The van der Waals surface area contributed by atoms with Crippen LogP contribution in [0.2, 0.25) is 0 Å². The lowest BCUT2D eigenvalue weighted by molar-refractivity contribution is 0.0657. The van der Waals surface area contributed by atoms with Gasteiger partial charge in [-0.15, -0.1) is 0 Å². The number of aromatic amines is 1. The summed E-state index contributed by atoms with van der Waals surface area (Å²) in [5, 5.41) is 12.6. The molecule has 7 nitrogen and oxygen atoms in total. The maximum Gasteiger partial charge on any atom is 0.244 e. The zero-order chi connectivity index (χ0) is 26.2. The van der Waals surface area contributed by atoms with Crippen LogP contribution >= 0.6 is 0 Å². The Hall–Kier alpha value is -3.13. The molecule has 0 saturated carbocycles. The molecule has 4 aromatic rings. The van der Waals surface area contributed by atoms with Crippen molar-refractivity contribution in [1.29, 1.82) is 0 Å². The molecule has 2 aliphatic heterocycles. The number of carbonyl (C=O) groups is 1. The van der Waals surface area contributed by atoms with Gasteiger partial charge in [-0.1, -0.05) is 19.4 Å². The third-order valence-electron chi connectivity index (χ3n) is 8.47. The van der Waals surface area contributed by atoms with Crippen LogP contribution in [0.4, 0.5) is 0 Å². The number of piperazine rings is 1. The number of aromatic hydroxyl groups is 1. The van der Waals surface area contributed by atoms with Gasteiger partial charge in [0.05, 0.1) is 5.69 Å². The summed E-state index contributed by atoms with van der Waals surface area (Å²) in [5.74, 6) is 0.439. The molecule has 7 heteroatoms. The fourth-order valence-corrected chi connectivity index (χ4v) is 6.18. The van der Waals surface area contributed by atoms with Gasteiger partial charge in [0.2, 0.25) is 5.78 Å². The second kappa shape index (κ2) is 10.6. The van der Waals surface area contributed by atoms with E-state index in [0.717, 1.165) is 92.4 Å². The van der Waals surface area contributed by atoms with Gasteiger partial charge >= 0.3 is 0 Å². The van der Waals surface area contributed by atoms with Crippen LogP contribution in [0, 0.1) is 0 Å². The quantitative estimate of drug-likeness (QED) is 0.338. The molecule has 2 aromatic carbocycles. The summed E-state index contributed by atoms with van der Waals surface area (Å²) in [4.78, 5) is 24.2. The maximum absolute atomic E-state index is 13.4. The van der Waals surface area contributed by atoms with Crippen LogP contribution in [0.25, 0.3) is 21.9 Å². The van der Waals surface area contributed by atoms with Gasteiger partial charge in [0.25, 0.3) is 0 Å². The molecule has 6 rings (SSSR count). The van der Waals surface area contributed by atoms with E-state index < -0.39 is 0 Å². The summed E-state index contributed by atoms with van der Waals surface area (Å²) in [5.41, 5.74) is 4.19. The van der Waals surface area contributed by atoms with Crippen molar-refractivity contribution in [1.82, 2.24) is 19.7 Å². The smallest absolute Gasteiger partial charge is 0.244 e. The molecule has 0 amide bonds. The first-order valence-electron chi connectivity index (χ1n) is 14.0. The molecule has 2 aromatic heterocycles. The van der Waals surface area contributed by atoms with E-state index in [-0.39, 0.29) is 11.5 Å². The van der Waals surface area contributed by atoms with Crippen LogP contribution in [0.3, 0.4) is 0 Å². The largest absolute Gasteiger partial charge is 0.508 e. The van der Waals surface area contributed by atoms with Crippen molar-refractivity contribution in [3.8, 4) is 5.75 Å². The number of benzene rings is 2. The minimum absolute atomic E-state index is 0.173. The van der Waals surface area contributed by atoms with Crippen LogP contribution in [-0.4, -0.2) is 82.9 Å². The second-order valence-corrected chi connectivity index (χ2v) is 11.1. The van der Waals surface area contributed by atoms with Gasteiger partial charge in [-0.05, 0) is 81.4 Å². The Bertz CT molecular complexity index is 1440. The number of aryl methyl sites for hydroxylation is 1. The van der Waals surface area contributed by atoms with E-state index in [1.54, 1.807) is 6.07 Å². The van der Waals surface area contributed by atoms with Gasteiger partial charge in [-0.3, -0.25) is 14.6 Å². The molecular weight excluding hydrogens is 476 g/mol. The summed E-state index contributed by atoms with van der Waals surface area (Å²) >= 11 is 0. The van der Waals surface area contributed by atoms with Crippen LogP contribution in [0.1, 0.15) is 53.6 Å². The normalized spacial score (nSPS) is 18.6. The molecule has 0 aliphatic carbocycles. The molecule has 4 heterocycles. The molecule has 2 N–H and O–H groups in total. The van der Waals surface area contributed by atoms with E-state index in [1.165, 1.54) is 5.56 Å². The van der Waals surface area contributed by atoms with Gasteiger partial charge in [-0.2, -0.15) is 0 Å².